The van der Waals surface area contributed by atoms with E-state index in [0.29, 0.717) is 12.3 Å². The van der Waals surface area contributed by atoms with Gasteiger partial charge in [0.1, 0.15) is 5.75 Å². The lowest BCUT2D eigenvalue weighted by molar-refractivity contribution is 0.0701. The van der Waals surface area contributed by atoms with Crippen LogP contribution in [0.3, 0.4) is 0 Å². The molecule has 0 aliphatic rings. The van der Waals surface area contributed by atoms with Gasteiger partial charge in [-0.3, -0.25) is 0 Å². The molecule has 0 atom stereocenters. The van der Waals surface area contributed by atoms with Gasteiger partial charge in [-0.15, -0.1) is 0 Å². The number of carbonyl (C=O) groups excluding carboxylic acids is 1. The van der Waals surface area contributed by atoms with Crippen LogP contribution in [0.2, 0.25) is 0 Å². The molecular formula is C18H16N2O3. The Hall–Kier alpha value is -3.05. The van der Waals surface area contributed by atoms with Crippen molar-refractivity contribution in [1.82, 2.24) is 5.43 Å². The van der Waals surface area contributed by atoms with Gasteiger partial charge in [-0.2, -0.15) is 0 Å². The van der Waals surface area contributed by atoms with Gasteiger partial charge in [-0.25, -0.2) is 10.2 Å². The molecule has 1 heterocycles. The molecule has 3 rings (SSSR count). The van der Waals surface area contributed by atoms with Gasteiger partial charge < -0.3 is 14.6 Å². The third-order valence-electron chi connectivity index (χ3n) is 3.13. The Morgan fingerprint density at radius 2 is 1.87 bits per heavy atom. The first-order valence-corrected chi connectivity index (χ1v) is 7.20. The van der Waals surface area contributed by atoms with Crippen molar-refractivity contribution in [3.8, 4) is 5.75 Å². The highest BCUT2D eigenvalue weighted by Crippen LogP contribution is 2.15. The van der Waals surface area contributed by atoms with Crippen LogP contribution < -0.4 is 15.6 Å². The van der Waals surface area contributed by atoms with Crippen molar-refractivity contribution in [2.75, 3.05) is 5.43 Å². The van der Waals surface area contributed by atoms with Gasteiger partial charge in [0.2, 0.25) is 5.76 Å². The molecule has 116 valence electrons. The predicted octanol–water partition coefficient (Wildman–Crippen LogP) is 3.62. The third kappa shape index (κ3) is 4.21. The summed E-state index contributed by atoms with van der Waals surface area (Å²) in [5.74, 6) is 0.146. The average Bonchev–Trinajstić information content (AvgIpc) is 3.11. The highest BCUT2D eigenvalue weighted by Gasteiger charge is 2.11. The maximum atomic E-state index is 11.8. The van der Waals surface area contributed by atoms with Crippen LogP contribution in [0, 0.1) is 0 Å². The number of nitrogens with one attached hydrogen (secondary N) is 2. The summed E-state index contributed by atoms with van der Waals surface area (Å²) in [4.78, 5) is 11.8. The van der Waals surface area contributed by atoms with Crippen molar-refractivity contribution >= 4 is 11.7 Å². The van der Waals surface area contributed by atoms with Gasteiger partial charge in [0, 0.05) is 12.2 Å². The Bertz CT molecular complexity index is 755. The van der Waals surface area contributed by atoms with Crippen LogP contribution in [0.15, 0.2) is 77.4 Å². The number of hydrogen-bond donors (Lipinski definition) is 2. The summed E-state index contributed by atoms with van der Waals surface area (Å²) >= 11 is 0. The molecule has 0 saturated carbocycles. The van der Waals surface area contributed by atoms with Crippen LogP contribution >= 0.6 is 0 Å². The van der Waals surface area contributed by atoms with E-state index in [0.717, 1.165) is 11.3 Å². The first-order valence-electron chi connectivity index (χ1n) is 7.20. The first kappa shape index (κ1) is 14.9. The number of furan rings is 1. The van der Waals surface area contributed by atoms with Crippen LogP contribution in [-0.4, -0.2) is 5.97 Å². The largest absolute Gasteiger partial charge is 0.457 e. The van der Waals surface area contributed by atoms with Crippen molar-refractivity contribution < 1.29 is 13.9 Å². The van der Waals surface area contributed by atoms with Crippen LogP contribution in [0.1, 0.15) is 16.1 Å². The number of para-hydroxylation sites is 1. The monoisotopic (exact) mass is 308 g/mol. The molecule has 23 heavy (non-hydrogen) atoms. The molecule has 0 spiro atoms. The second kappa shape index (κ2) is 7.29. The quantitative estimate of drug-likeness (QED) is 0.414. The fourth-order valence-corrected chi connectivity index (χ4v) is 2.04. The molecular weight excluding hydrogens is 292 g/mol. The molecule has 3 aromatic rings. The van der Waals surface area contributed by atoms with Crippen LogP contribution in [-0.2, 0) is 6.54 Å². The van der Waals surface area contributed by atoms with E-state index in [2.05, 4.69) is 10.9 Å². The SMILES string of the molecule is O=C(Oc1cccc(CNNc2ccccc2)c1)c1ccco1. The zero-order valence-corrected chi connectivity index (χ0v) is 12.4. The summed E-state index contributed by atoms with van der Waals surface area (Å²) in [5.41, 5.74) is 8.18. The lowest BCUT2D eigenvalue weighted by Gasteiger charge is -2.09. The van der Waals surface area contributed by atoms with Crippen molar-refractivity contribution in [2.45, 2.75) is 6.54 Å². The summed E-state index contributed by atoms with van der Waals surface area (Å²) < 4.78 is 10.3. The molecule has 0 aliphatic heterocycles. The van der Waals surface area contributed by atoms with Gasteiger partial charge in [0.25, 0.3) is 0 Å². The fourth-order valence-electron chi connectivity index (χ4n) is 2.04. The van der Waals surface area contributed by atoms with Crippen molar-refractivity contribution in [3.63, 3.8) is 0 Å². The lowest BCUT2D eigenvalue weighted by Crippen LogP contribution is -2.20. The predicted molar refractivity (Wildman–Crippen MR) is 87.0 cm³/mol. The molecule has 0 radical (unpaired) electrons. The number of rotatable bonds is 6. The highest BCUT2D eigenvalue weighted by molar-refractivity contribution is 5.88. The van der Waals surface area contributed by atoms with Crippen molar-refractivity contribution in [2.24, 2.45) is 0 Å². The molecule has 0 bridgehead atoms. The highest BCUT2D eigenvalue weighted by atomic mass is 16.5. The normalized spacial score (nSPS) is 10.3. The van der Waals surface area contributed by atoms with E-state index in [4.69, 9.17) is 9.15 Å². The molecule has 5 nitrogen and oxygen atoms in total. The fraction of sp³-hybridized carbons (Fsp3) is 0.0556. The van der Waals surface area contributed by atoms with Crippen LogP contribution in [0.5, 0.6) is 5.75 Å². The van der Waals surface area contributed by atoms with Crippen molar-refractivity contribution in [3.05, 3.63) is 84.3 Å². The van der Waals surface area contributed by atoms with E-state index < -0.39 is 5.97 Å². The van der Waals surface area contributed by atoms with Gasteiger partial charge in [0.05, 0.1) is 6.26 Å². The van der Waals surface area contributed by atoms with Crippen LogP contribution in [0.4, 0.5) is 5.69 Å². The van der Waals surface area contributed by atoms with E-state index >= 15 is 0 Å². The second-order valence-corrected chi connectivity index (χ2v) is 4.86. The molecule has 0 saturated heterocycles. The topological polar surface area (TPSA) is 63.5 Å². The van der Waals surface area contributed by atoms with Crippen molar-refractivity contribution in [1.29, 1.82) is 0 Å². The minimum Gasteiger partial charge on any atom is -0.457 e. The summed E-state index contributed by atoms with van der Waals surface area (Å²) in [7, 11) is 0. The molecule has 2 aromatic carbocycles. The third-order valence-corrected chi connectivity index (χ3v) is 3.13. The maximum Gasteiger partial charge on any atom is 0.379 e. The smallest absolute Gasteiger partial charge is 0.379 e. The molecule has 2 N–H and O–H groups in total. The number of anilines is 1. The number of benzene rings is 2. The molecule has 0 fully saturated rings. The Kier molecular flexibility index (Phi) is 4.71. The minimum absolute atomic E-state index is 0.180. The zero-order valence-electron chi connectivity index (χ0n) is 12.4. The number of ether oxygens (including phenoxy) is 1. The Labute approximate surface area is 133 Å². The van der Waals surface area contributed by atoms with E-state index in [-0.39, 0.29) is 5.76 Å². The van der Waals surface area contributed by atoms with Gasteiger partial charge in [0.15, 0.2) is 0 Å². The Balaban J connectivity index is 1.56. The van der Waals surface area contributed by atoms with E-state index in [1.165, 1.54) is 6.26 Å². The Morgan fingerprint density at radius 1 is 1.00 bits per heavy atom. The zero-order chi connectivity index (χ0) is 15.9. The second-order valence-electron chi connectivity index (χ2n) is 4.86. The minimum atomic E-state index is -0.512. The molecule has 0 aliphatic carbocycles. The van der Waals surface area contributed by atoms with E-state index in [9.17, 15) is 4.79 Å². The number of esters is 1. The first-order chi connectivity index (χ1) is 11.3. The number of hydrazine groups is 1. The number of hydrogen-bond acceptors (Lipinski definition) is 5. The maximum absolute atomic E-state index is 11.8. The van der Waals surface area contributed by atoms with Gasteiger partial charge in [-0.1, -0.05) is 30.3 Å². The molecule has 5 heteroatoms. The van der Waals surface area contributed by atoms with E-state index in [1.54, 1.807) is 24.3 Å². The summed E-state index contributed by atoms with van der Waals surface area (Å²) in [5, 5.41) is 0. The molecule has 1 aromatic heterocycles. The van der Waals surface area contributed by atoms with Gasteiger partial charge in [-0.05, 0) is 42.0 Å². The van der Waals surface area contributed by atoms with Crippen LogP contribution in [0.25, 0.3) is 0 Å². The molecule has 0 unspecified atom stereocenters. The summed E-state index contributed by atoms with van der Waals surface area (Å²) in [6.07, 6.45) is 1.44. The Morgan fingerprint density at radius 3 is 2.65 bits per heavy atom. The summed E-state index contributed by atoms with van der Waals surface area (Å²) in [6, 6.07) is 20.3. The van der Waals surface area contributed by atoms with E-state index in [1.807, 2.05) is 42.5 Å². The standard InChI is InChI=1S/C18H16N2O3/c21-18(17-10-5-11-22-17)23-16-9-4-6-14(12-16)13-19-20-15-7-2-1-3-8-15/h1-12,19-20H,13H2. The number of carbonyl (C=O) groups is 1. The van der Waals surface area contributed by atoms with Gasteiger partial charge >= 0.3 is 5.97 Å². The lowest BCUT2D eigenvalue weighted by atomic mass is 10.2. The molecule has 0 amide bonds. The average molecular weight is 308 g/mol. The summed E-state index contributed by atoms with van der Waals surface area (Å²) in [6.45, 7) is 0.584.